The highest BCUT2D eigenvalue weighted by Gasteiger charge is 2.43. The molecule has 1 saturated heterocycles. The van der Waals surface area contributed by atoms with Crippen LogP contribution in [0.1, 0.15) is 32.1 Å². The molecule has 1 atom stereocenters. The Morgan fingerprint density at radius 3 is 2.67 bits per heavy atom. The second-order valence-corrected chi connectivity index (χ2v) is 4.61. The van der Waals surface area contributed by atoms with Crippen molar-refractivity contribution in [1.29, 1.82) is 0 Å². The van der Waals surface area contributed by atoms with Crippen molar-refractivity contribution in [2.45, 2.75) is 38.2 Å². The van der Waals surface area contributed by atoms with Gasteiger partial charge in [-0.25, -0.2) is 0 Å². The summed E-state index contributed by atoms with van der Waals surface area (Å²) in [6, 6.07) is 0. The first-order chi connectivity index (χ1) is 5.73. The van der Waals surface area contributed by atoms with Crippen LogP contribution in [0.4, 0.5) is 0 Å². The van der Waals surface area contributed by atoms with Crippen LogP contribution in [0.3, 0.4) is 0 Å². The van der Waals surface area contributed by atoms with Crippen molar-refractivity contribution in [1.82, 2.24) is 4.90 Å². The molecule has 70 valence electrons. The summed E-state index contributed by atoms with van der Waals surface area (Å²) in [5.74, 6) is 0. The van der Waals surface area contributed by atoms with Gasteiger partial charge in [0, 0.05) is 18.5 Å². The number of hydrogen-bond acceptors (Lipinski definition) is 2. The fourth-order valence-electron chi connectivity index (χ4n) is 2.94. The van der Waals surface area contributed by atoms with E-state index in [4.69, 9.17) is 0 Å². The third-order valence-corrected chi connectivity index (χ3v) is 3.68. The molecule has 1 unspecified atom stereocenters. The molecule has 2 rings (SSSR count). The van der Waals surface area contributed by atoms with Gasteiger partial charge in [0.2, 0.25) is 0 Å². The average molecular weight is 169 g/mol. The third kappa shape index (κ3) is 1.27. The van der Waals surface area contributed by atoms with Gasteiger partial charge in [-0.3, -0.25) is 0 Å². The molecule has 2 fully saturated rings. The van der Waals surface area contributed by atoms with Crippen molar-refractivity contribution in [3.63, 3.8) is 0 Å². The summed E-state index contributed by atoms with van der Waals surface area (Å²) in [6.45, 7) is 2.19. The van der Waals surface area contributed by atoms with Gasteiger partial charge in [-0.05, 0) is 26.3 Å². The Balaban J connectivity index is 2.09. The van der Waals surface area contributed by atoms with E-state index in [9.17, 15) is 5.11 Å². The highest BCUT2D eigenvalue weighted by Crippen LogP contribution is 2.44. The van der Waals surface area contributed by atoms with E-state index in [1.165, 1.54) is 25.7 Å². The maximum Gasteiger partial charge on any atom is 0.0620 e. The van der Waals surface area contributed by atoms with Crippen LogP contribution >= 0.6 is 0 Å². The summed E-state index contributed by atoms with van der Waals surface area (Å²) in [5.41, 5.74) is 0.285. The van der Waals surface area contributed by atoms with Crippen molar-refractivity contribution in [2.24, 2.45) is 5.41 Å². The molecule has 1 saturated carbocycles. The molecule has 0 aromatic heterocycles. The van der Waals surface area contributed by atoms with E-state index in [1.54, 1.807) is 0 Å². The van der Waals surface area contributed by atoms with E-state index in [0.717, 1.165) is 19.5 Å². The summed E-state index contributed by atoms with van der Waals surface area (Å²) in [6.07, 6.45) is 6.11. The van der Waals surface area contributed by atoms with Gasteiger partial charge >= 0.3 is 0 Å². The molecule has 0 aromatic carbocycles. The van der Waals surface area contributed by atoms with Crippen LogP contribution in [0, 0.1) is 5.41 Å². The predicted octanol–water partition coefficient (Wildman–Crippen LogP) is 1.24. The van der Waals surface area contributed by atoms with E-state index >= 15 is 0 Å². The topological polar surface area (TPSA) is 23.5 Å². The first-order valence-corrected chi connectivity index (χ1v) is 5.10. The van der Waals surface area contributed by atoms with Gasteiger partial charge in [-0.15, -0.1) is 0 Å². The van der Waals surface area contributed by atoms with Gasteiger partial charge in [0.1, 0.15) is 0 Å². The lowest BCUT2D eigenvalue weighted by molar-refractivity contribution is -0.0350. The van der Waals surface area contributed by atoms with Crippen molar-refractivity contribution in [3.05, 3.63) is 0 Å². The molecule has 1 heterocycles. The van der Waals surface area contributed by atoms with Crippen molar-refractivity contribution in [3.8, 4) is 0 Å². The van der Waals surface area contributed by atoms with Gasteiger partial charge < -0.3 is 10.0 Å². The van der Waals surface area contributed by atoms with Gasteiger partial charge in [0.15, 0.2) is 0 Å². The van der Waals surface area contributed by atoms with E-state index < -0.39 is 0 Å². The lowest BCUT2D eigenvalue weighted by Crippen LogP contribution is -2.48. The Labute approximate surface area is 74.6 Å². The van der Waals surface area contributed by atoms with Crippen LogP contribution < -0.4 is 0 Å². The van der Waals surface area contributed by atoms with Crippen LogP contribution in [0.25, 0.3) is 0 Å². The van der Waals surface area contributed by atoms with Crippen LogP contribution in [-0.2, 0) is 0 Å². The molecule has 1 N–H and O–H groups in total. The number of aliphatic hydroxyl groups excluding tert-OH is 1. The maximum absolute atomic E-state index is 9.95. The average Bonchev–Trinajstić information content (AvgIpc) is 2.48. The predicted molar refractivity (Wildman–Crippen MR) is 49.0 cm³/mol. The monoisotopic (exact) mass is 169 g/mol. The summed E-state index contributed by atoms with van der Waals surface area (Å²) in [7, 11) is 2.17. The molecule has 12 heavy (non-hydrogen) atoms. The minimum atomic E-state index is -0.0174. The third-order valence-electron chi connectivity index (χ3n) is 3.68. The van der Waals surface area contributed by atoms with E-state index in [1.807, 2.05) is 0 Å². The summed E-state index contributed by atoms with van der Waals surface area (Å²) in [4.78, 5) is 2.37. The highest BCUT2D eigenvalue weighted by atomic mass is 16.3. The van der Waals surface area contributed by atoms with Crippen LogP contribution in [-0.4, -0.2) is 36.2 Å². The Morgan fingerprint density at radius 1 is 1.33 bits per heavy atom. The van der Waals surface area contributed by atoms with Crippen molar-refractivity contribution in [2.75, 3.05) is 20.1 Å². The molecular formula is C10H19NO. The molecule has 0 amide bonds. The maximum atomic E-state index is 9.95. The van der Waals surface area contributed by atoms with Gasteiger partial charge in [-0.1, -0.05) is 12.8 Å². The van der Waals surface area contributed by atoms with Crippen molar-refractivity contribution >= 4 is 0 Å². The van der Waals surface area contributed by atoms with Crippen molar-refractivity contribution < 1.29 is 5.11 Å². The Hall–Kier alpha value is -0.0800. The summed E-state index contributed by atoms with van der Waals surface area (Å²) < 4.78 is 0. The molecule has 1 aliphatic carbocycles. The molecule has 2 aliphatic rings. The highest BCUT2D eigenvalue weighted by molar-refractivity contribution is 4.95. The van der Waals surface area contributed by atoms with E-state index in [0.29, 0.717) is 0 Å². The van der Waals surface area contributed by atoms with Gasteiger partial charge in [-0.2, -0.15) is 0 Å². The lowest BCUT2D eigenvalue weighted by Gasteiger charge is -2.42. The standard InChI is InChI=1S/C10H19NO/c1-11-7-4-9(12)10(8-11)5-2-3-6-10/h9,12H,2-8H2,1H3. The zero-order valence-electron chi connectivity index (χ0n) is 7.92. The molecule has 2 heteroatoms. The first-order valence-electron chi connectivity index (χ1n) is 5.10. The van der Waals surface area contributed by atoms with Crippen LogP contribution in [0.15, 0.2) is 0 Å². The summed E-state index contributed by atoms with van der Waals surface area (Å²) >= 11 is 0. The quantitative estimate of drug-likeness (QED) is 0.590. The lowest BCUT2D eigenvalue weighted by atomic mass is 9.76. The summed E-state index contributed by atoms with van der Waals surface area (Å²) in [5, 5.41) is 9.95. The van der Waals surface area contributed by atoms with E-state index in [-0.39, 0.29) is 11.5 Å². The fraction of sp³-hybridized carbons (Fsp3) is 1.00. The number of rotatable bonds is 0. The van der Waals surface area contributed by atoms with Gasteiger partial charge in [0.25, 0.3) is 0 Å². The van der Waals surface area contributed by atoms with Gasteiger partial charge in [0.05, 0.1) is 6.10 Å². The Morgan fingerprint density at radius 2 is 2.00 bits per heavy atom. The molecule has 0 radical (unpaired) electrons. The number of likely N-dealkylation sites (tertiary alicyclic amines) is 1. The normalized spacial score (nSPS) is 36.0. The minimum absolute atomic E-state index is 0.0174. The Kier molecular flexibility index (Phi) is 2.13. The zero-order chi connectivity index (χ0) is 8.60. The number of hydrogen-bond donors (Lipinski definition) is 1. The largest absolute Gasteiger partial charge is 0.392 e. The first kappa shape index (κ1) is 8.52. The Bertz CT molecular complexity index is 163. The molecular weight excluding hydrogens is 150 g/mol. The number of piperidine rings is 1. The fourth-order valence-corrected chi connectivity index (χ4v) is 2.94. The smallest absolute Gasteiger partial charge is 0.0620 e. The van der Waals surface area contributed by atoms with Crippen LogP contribution in [0.5, 0.6) is 0 Å². The molecule has 0 aromatic rings. The minimum Gasteiger partial charge on any atom is -0.392 e. The number of nitrogens with zero attached hydrogens (tertiary/aromatic N) is 1. The van der Waals surface area contributed by atoms with Crippen LogP contribution in [0.2, 0.25) is 0 Å². The molecule has 0 bridgehead atoms. The molecule has 1 spiro atoms. The van der Waals surface area contributed by atoms with E-state index in [2.05, 4.69) is 11.9 Å². The molecule has 2 nitrogen and oxygen atoms in total. The zero-order valence-corrected chi connectivity index (χ0v) is 7.92. The SMILES string of the molecule is CN1CCC(O)C2(CCCC2)C1. The second kappa shape index (κ2) is 3.00. The molecule has 1 aliphatic heterocycles. The number of aliphatic hydroxyl groups is 1. The second-order valence-electron chi connectivity index (χ2n) is 4.61.